The van der Waals surface area contributed by atoms with Crippen molar-refractivity contribution in [1.82, 2.24) is 20.5 Å². The molecule has 18 heavy (non-hydrogen) atoms. The van der Waals surface area contributed by atoms with Crippen LogP contribution in [0.15, 0.2) is 17.5 Å². The summed E-state index contributed by atoms with van der Waals surface area (Å²) < 4.78 is 0. The molecule has 0 atom stereocenters. The van der Waals surface area contributed by atoms with E-state index >= 15 is 0 Å². The molecule has 0 aliphatic carbocycles. The van der Waals surface area contributed by atoms with Crippen LogP contribution in [0.4, 0.5) is 5.95 Å². The van der Waals surface area contributed by atoms with E-state index in [1.807, 2.05) is 0 Å². The quantitative estimate of drug-likeness (QED) is 0.751. The molecule has 2 amide bonds. The lowest BCUT2D eigenvalue weighted by molar-refractivity contribution is -0.115. The van der Waals surface area contributed by atoms with Gasteiger partial charge in [0.1, 0.15) is 5.82 Å². The topological polar surface area (TPSA) is 99.8 Å². The van der Waals surface area contributed by atoms with E-state index in [4.69, 9.17) is 0 Å². The van der Waals surface area contributed by atoms with Crippen LogP contribution in [-0.4, -0.2) is 33.5 Å². The zero-order valence-electron chi connectivity index (χ0n) is 9.56. The number of rotatable bonds is 4. The SMILES string of the molecule is Cc1nc(NC(=O)CNC(=O)c2cccs2)n[nH]1. The van der Waals surface area contributed by atoms with Gasteiger partial charge in [0.15, 0.2) is 0 Å². The van der Waals surface area contributed by atoms with Crippen LogP contribution < -0.4 is 10.6 Å². The van der Waals surface area contributed by atoms with E-state index in [-0.39, 0.29) is 24.3 Å². The normalized spacial score (nSPS) is 10.1. The number of thiophene rings is 1. The first-order valence-corrected chi connectivity index (χ1v) is 6.03. The van der Waals surface area contributed by atoms with Gasteiger partial charge < -0.3 is 5.32 Å². The lowest BCUT2D eigenvalue weighted by Gasteiger charge is -2.02. The number of aromatic nitrogens is 3. The van der Waals surface area contributed by atoms with Crippen molar-refractivity contribution in [2.24, 2.45) is 0 Å². The van der Waals surface area contributed by atoms with Crippen LogP contribution in [0.2, 0.25) is 0 Å². The highest BCUT2D eigenvalue weighted by atomic mass is 32.1. The highest BCUT2D eigenvalue weighted by Crippen LogP contribution is 2.07. The third kappa shape index (κ3) is 3.14. The van der Waals surface area contributed by atoms with E-state index < -0.39 is 0 Å². The maximum atomic E-state index is 11.5. The number of anilines is 1. The zero-order chi connectivity index (χ0) is 13.0. The Bertz CT molecular complexity index is 548. The Kier molecular flexibility index (Phi) is 3.68. The second kappa shape index (κ2) is 5.41. The standard InChI is InChI=1S/C10H11N5O2S/c1-6-12-10(15-14-6)13-8(16)5-11-9(17)7-3-2-4-18-7/h2-4H,5H2,1H3,(H,11,17)(H2,12,13,14,15,16). The summed E-state index contributed by atoms with van der Waals surface area (Å²) in [6, 6.07) is 3.46. The molecule has 2 aromatic rings. The number of carbonyl (C=O) groups is 2. The molecule has 0 aliphatic rings. The number of nitrogens with one attached hydrogen (secondary N) is 3. The van der Waals surface area contributed by atoms with Crippen LogP contribution in [0.3, 0.4) is 0 Å². The monoisotopic (exact) mass is 265 g/mol. The molecule has 0 spiro atoms. The van der Waals surface area contributed by atoms with Gasteiger partial charge in [-0.15, -0.1) is 16.4 Å². The average Bonchev–Trinajstić information content (AvgIpc) is 2.97. The van der Waals surface area contributed by atoms with E-state index in [0.29, 0.717) is 10.7 Å². The van der Waals surface area contributed by atoms with Crippen molar-refractivity contribution in [3.8, 4) is 0 Å². The number of amides is 2. The molecule has 8 heteroatoms. The predicted molar refractivity (Wildman–Crippen MR) is 66.4 cm³/mol. The molecule has 0 bridgehead atoms. The van der Waals surface area contributed by atoms with Crippen molar-refractivity contribution in [1.29, 1.82) is 0 Å². The minimum absolute atomic E-state index is 0.121. The molecule has 0 aliphatic heterocycles. The summed E-state index contributed by atoms with van der Waals surface area (Å²) in [5.41, 5.74) is 0. The summed E-state index contributed by atoms with van der Waals surface area (Å²) >= 11 is 1.32. The van der Waals surface area contributed by atoms with Crippen molar-refractivity contribution >= 4 is 29.1 Å². The van der Waals surface area contributed by atoms with Crippen molar-refractivity contribution in [2.75, 3.05) is 11.9 Å². The summed E-state index contributed by atoms with van der Waals surface area (Å²) in [6.45, 7) is 1.60. The van der Waals surface area contributed by atoms with E-state index in [1.165, 1.54) is 11.3 Å². The first-order valence-electron chi connectivity index (χ1n) is 5.15. The summed E-state index contributed by atoms with van der Waals surface area (Å²) in [7, 11) is 0. The smallest absolute Gasteiger partial charge is 0.261 e. The molecule has 94 valence electrons. The third-order valence-corrected chi connectivity index (χ3v) is 2.87. The van der Waals surface area contributed by atoms with E-state index in [2.05, 4.69) is 25.8 Å². The highest BCUT2D eigenvalue weighted by molar-refractivity contribution is 7.12. The Labute approximate surface area is 107 Å². The Hall–Kier alpha value is -2.22. The average molecular weight is 265 g/mol. The van der Waals surface area contributed by atoms with Crippen molar-refractivity contribution in [2.45, 2.75) is 6.92 Å². The Balaban J connectivity index is 1.80. The Morgan fingerprint density at radius 1 is 1.50 bits per heavy atom. The number of H-pyrrole nitrogens is 1. The van der Waals surface area contributed by atoms with Crippen molar-refractivity contribution < 1.29 is 9.59 Å². The van der Waals surface area contributed by atoms with Gasteiger partial charge in [-0.25, -0.2) is 0 Å². The van der Waals surface area contributed by atoms with Crippen LogP contribution >= 0.6 is 11.3 Å². The van der Waals surface area contributed by atoms with Crippen LogP contribution in [-0.2, 0) is 4.79 Å². The maximum Gasteiger partial charge on any atom is 0.261 e. The maximum absolute atomic E-state index is 11.5. The lowest BCUT2D eigenvalue weighted by Crippen LogP contribution is -2.32. The highest BCUT2D eigenvalue weighted by Gasteiger charge is 2.10. The van der Waals surface area contributed by atoms with Gasteiger partial charge in [-0.05, 0) is 18.4 Å². The predicted octanol–water partition coefficient (Wildman–Crippen LogP) is 0.543. The molecule has 2 rings (SSSR count). The number of hydrogen-bond acceptors (Lipinski definition) is 5. The van der Waals surface area contributed by atoms with Crippen molar-refractivity contribution in [3.63, 3.8) is 0 Å². The molecular weight excluding hydrogens is 254 g/mol. The van der Waals surface area contributed by atoms with Crippen LogP contribution in [0.1, 0.15) is 15.5 Å². The van der Waals surface area contributed by atoms with Gasteiger partial charge in [-0.1, -0.05) is 6.07 Å². The first kappa shape index (κ1) is 12.2. The second-order valence-electron chi connectivity index (χ2n) is 3.45. The zero-order valence-corrected chi connectivity index (χ0v) is 10.4. The minimum Gasteiger partial charge on any atom is -0.342 e. The summed E-state index contributed by atoms with van der Waals surface area (Å²) in [5.74, 6) is 0.154. The molecule has 2 heterocycles. The largest absolute Gasteiger partial charge is 0.342 e. The van der Waals surface area contributed by atoms with Gasteiger partial charge in [0, 0.05) is 0 Å². The van der Waals surface area contributed by atoms with Gasteiger partial charge in [-0.2, -0.15) is 4.98 Å². The molecule has 0 radical (unpaired) electrons. The van der Waals surface area contributed by atoms with Gasteiger partial charge in [-0.3, -0.25) is 20.0 Å². The molecule has 0 saturated carbocycles. The van der Waals surface area contributed by atoms with Gasteiger partial charge >= 0.3 is 0 Å². The fourth-order valence-corrected chi connectivity index (χ4v) is 1.86. The minimum atomic E-state index is -0.376. The molecule has 0 aromatic carbocycles. The van der Waals surface area contributed by atoms with E-state index in [1.54, 1.807) is 24.4 Å². The molecule has 0 saturated heterocycles. The molecule has 2 aromatic heterocycles. The first-order chi connectivity index (χ1) is 8.65. The second-order valence-corrected chi connectivity index (χ2v) is 4.40. The van der Waals surface area contributed by atoms with Crippen LogP contribution in [0.5, 0.6) is 0 Å². The number of hydrogen-bond donors (Lipinski definition) is 3. The van der Waals surface area contributed by atoms with Crippen LogP contribution in [0.25, 0.3) is 0 Å². The van der Waals surface area contributed by atoms with E-state index in [0.717, 1.165) is 0 Å². The molecule has 3 N–H and O–H groups in total. The lowest BCUT2D eigenvalue weighted by atomic mass is 10.4. The fraction of sp³-hybridized carbons (Fsp3) is 0.200. The Morgan fingerprint density at radius 2 is 2.33 bits per heavy atom. The van der Waals surface area contributed by atoms with Crippen LogP contribution in [0, 0.1) is 6.92 Å². The summed E-state index contributed by atoms with van der Waals surface area (Å²) in [4.78, 5) is 27.5. The number of aryl methyl sites for hydroxylation is 1. The molecular formula is C10H11N5O2S. The summed E-state index contributed by atoms with van der Waals surface area (Å²) in [5, 5.41) is 13.1. The summed E-state index contributed by atoms with van der Waals surface area (Å²) in [6.07, 6.45) is 0. The van der Waals surface area contributed by atoms with Crippen molar-refractivity contribution in [3.05, 3.63) is 28.2 Å². The van der Waals surface area contributed by atoms with Gasteiger partial charge in [0.05, 0.1) is 11.4 Å². The Morgan fingerprint density at radius 3 is 2.94 bits per heavy atom. The number of carbonyl (C=O) groups excluding carboxylic acids is 2. The van der Waals surface area contributed by atoms with Gasteiger partial charge in [0.2, 0.25) is 11.9 Å². The molecule has 7 nitrogen and oxygen atoms in total. The molecule has 0 unspecified atom stereocenters. The van der Waals surface area contributed by atoms with E-state index in [9.17, 15) is 9.59 Å². The van der Waals surface area contributed by atoms with Gasteiger partial charge in [0.25, 0.3) is 5.91 Å². The third-order valence-electron chi connectivity index (χ3n) is 2.00. The number of aromatic amines is 1. The fourth-order valence-electron chi connectivity index (χ4n) is 1.22. The number of nitrogens with zero attached hydrogens (tertiary/aromatic N) is 2. The molecule has 0 fully saturated rings.